The molecule has 188 valence electrons. The fourth-order valence-corrected chi connectivity index (χ4v) is 4.50. The van der Waals surface area contributed by atoms with Gasteiger partial charge in [0.2, 0.25) is 5.91 Å². The van der Waals surface area contributed by atoms with Gasteiger partial charge in [0.05, 0.1) is 11.9 Å². The zero-order chi connectivity index (χ0) is 25.5. The van der Waals surface area contributed by atoms with Crippen molar-refractivity contribution in [1.82, 2.24) is 30.0 Å². The molecular weight excluding hydrogens is 450 g/mol. The van der Waals surface area contributed by atoms with Crippen LogP contribution < -0.4 is 10.6 Å². The Bertz CT molecular complexity index is 1260. The van der Waals surface area contributed by atoms with E-state index in [0.29, 0.717) is 43.2 Å². The van der Waals surface area contributed by atoms with Gasteiger partial charge in [0.15, 0.2) is 5.82 Å². The van der Waals surface area contributed by atoms with Crippen LogP contribution in [0.3, 0.4) is 0 Å². The maximum absolute atomic E-state index is 12.8. The molecule has 2 N–H and O–H groups in total. The van der Waals surface area contributed by atoms with E-state index in [9.17, 15) is 4.79 Å². The van der Waals surface area contributed by atoms with Crippen molar-refractivity contribution in [2.75, 3.05) is 18.4 Å². The zero-order valence-electron chi connectivity index (χ0n) is 21.5. The quantitative estimate of drug-likeness (QED) is 0.331. The highest BCUT2D eigenvalue weighted by Gasteiger charge is 2.16. The average Bonchev–Trinajstić information content (AvgIpc) is 3.24. The number of hydrogen-bond donors (Lipinski definition) is 2. The van der Waals surface area contributed by atoms with Crippen molar-refractivity contribution < 1.29 is 4.79 Å². The summed E-state index contributed by atoms with van der Waals surface area (Å²) in [6, 6.07) is 16.7. The molecule has 0 saturated carbocycles. The summed E-state index contributed by atoms with van der Waals surface area (Å²) in [6.07, 6.45) is 5.88. The summed E-state index contributed by atoms with van der Waals surface area (Å²) >= 11 is 0. The first-order valence-electron chi connectivity index (χ1n) is 12.5. The maximum atomic E-state index is 12.8. The summed E-state index contributed by atoms with van der Waals surface area (Å²) in [7, 11) is 0. The molecule has 0 unspecified atom stereocenters. The Hall–Kier alpha value is -3.78. The lowest BCUT2D eigenvalue weighted by atomic mass is 10.1. The van der Waals surface area contributed by atoms with Gasteiger partial charge < -0.3 is 10.6 Å². The average molecular weight is 486 g/mol. The lowest BCUT2D eigenvalue weighted by molar-refractivity contribution is -0.120. The van der Waals surface area contributed by atoms with E-state index in [-0.39, 0.29) is 5.91 Å². The summed E-state index contributed by atoms with van der Waals surface area (Å²) in [6.45, 7) is 10.8. The minimum Gasteiger partial charge on any atom is -0.364 e. The van der Waals surface area contributed by atoms with Gasteiger partial charge in [-0.1, -0.05) is 24.3 Å². The molecule has 3 heterocycles. The first-order chi connectivity index (χ1) is 17.4. The van der Waals surface area contributed by atoms with Crippen LogP contribution in [0.1, 0.15) is 38.8 Å². The van der Waals surface area contributed by atoms with Gasteiger partial charge in [0.25, 0.3) is 0 Å². The van der Waals surface area contributed by atoms with Crippen molar-refractivity contribution in [3.8, 4) is 5.82 Å². The number of hydrogen-bond acceptors (Lipinski definition) is 6. The number of amides is 1. The van der Waals surface area contributed by atoms with Crippen molar-refractivity contribution in [2.24, 2.45) is 0 Å². The molecule has 8 heteroatoms. The summed E-state index contributed by atoms with van der Waals surface area (Å²) in [5, 5.41) is 16.2. The van der Waals surface area contributed by atoms with E-state index in [2.05, 4.69) is 58.4 Å². The molecule has 0 aliphatic heterocycles. The van der Waals surface area contributed by atoms with Gasteiger partial charge in [-0.25, -0.2) is 0 Å². The van der Waals surface area contributed by atoms with Crippen LogP contribution >= 0.6 is 0 Å². The van der Waals surface area contributed by atoms with Crippen LogP contribution in [-0.4, -0.2) is 55.7 Å². The van der Waals surface area contributed by atoms with Crippen LogP contribution in [0.4, 0.5) is 5.82 Å². The number of para-hydroxylation sites is 1. The molecule has 3 aromatic heterocycles. The number of carbonyl (C=O) groups is 1. The van der Waals surface area contributed by atoms with E-state index >= 15 is 0 Å². The molecular formula is C28H35N7O. The Morgan fingerprint density at radius 3 is 2.50 bits per heavy atom. The summed E-state index contributed by atoms with van der Waals surface area (Å²) in [5.74, 6) is 1.41. The number of pyridine rings is 1. The van der Waals surface area contributed by atoms with Crippen molar-refractivity contribution in [3.63, 3.8) is 0 Å². The molecule has 8 nitrogen and oxygen atoms in total. The first kappa shape index (κ1) is 25.3. The Morgan fingerprint density at radius 2 is 1.81 bits per heavy atom. The Balaban J connectivity index is 1.44. The fourth-order valence-electron chi connectivity index (χ4n) is 4.50. The highest BCUT2D eigenvalue weighted by atomic mass is 16.1. The fraction of sp³-hybridized carbons (Fsp3) is 0.357. The standard InChI is InChI=1S/C28H35N7O/c1-20(2)34(21(3)4)15-14-30-28(36)16-23-19-35(25-10-6-5-9-24(23)25)27-12-11-26(32-33-27)31-18-22-8-7-13-29-17-22/h5-13,17,19-21H,14-16,18H2,1-4H3,(H,30,36)(H,31,32). The molecule has 0 aliphatic rings. The maximum Gasteiger partial charge on any atom is 0.224 e. The molecule has 0 bridgehead atoms. The predicted octanol–water partition coefficient (Wildman–Crippen LogP) is 4.21. The van der Waals surface area contributed by atoms with E-state index < -0.39 is 0 Å². The SMILES string of the molecule is CC(C)N(CCNC(=O)Cc1cn(-c2ccc(NCc3cccnc3)nn2)c2ccccc12)C(C)C. The van der Waals surface area contributed by atoms with Gasteiger partial charge in [0, 0.05) is 55.7 Å². The molecule has 0 atom stereocenters. The number of aromatic nitrogens is 4. The summed E-state index contributed by atoms with van der Waals surface area (Å²) in [5.41, 5.74) is 3.04. The largest absolute Gasteiger partial charge is 0.364 e. The normalized spacial score (nSPS) is 11.5. The third-order valence-electron chi connectivity index (χ3n) is 6.26. The highest BCUT2D eigenvalue weighted by molar-refractivity contribution is 5.90. The number of anilines is 1. The van der Waals surface area contributed by atoms with Crippen molar-refractivity contribution in [3.05, 3.63) is 78.2 Å². The molecule has 4 aromatic rings. The number of rotatable bonds is 11. The molecule has 0 saturated heterocycles. The Labute approximate surface area is 212 Å². The van der Waals surface area contributed by atoms with E-state index in [0.717, 1.165) is 28.6 Å². The van der Waals surface area contributed by atoms with E-state index in [1.165, 1.54) is 0 Å². The predicted molar refractivity (Wildman–Crippen MR) is 144 cm³/mol. The minimum absolute atomic E-state index is 0.0198. The molecule has 1 amide bonds. The van der Waals surface area contributed by atoms with Crippen LogP contribution in [0, 0.1) is 0 Å². The second kappa shape index (κ2) is 11.8. The van der Waals surface area contributed by atoms with Crippen LogP contribution in [-0.2, 0) is 17.8 Å². The minimum atomic E-state index is 0.0198. The second-order valence-corrected chi connectivity index (χ2v) is 9.49. The second-order valence-electron chi connectivity index (χ2n) is 9.49. The Kier molecular flexibility index (Phi) is 8.28. The zero-order valence-corrected chi connectivity index (χ0v) is 21.5. The van der Waals surface area contributed by atoms with Gasteiger partial charge in [-0.15, -0.1) is 10.2 Å². The van der Waals surface area contributed by atoms with E-state index in [1.807, 2.05) is 65.5 Å². The smallest absolute Gasteiger partial charge is 0.224 e. The van der Waals surface area contributed by atoms with Crippen molar-refractivity contribution in [2.45, 2.75) is 52.7 Å². The van der Waals surface area contributed by atoms with Gasteiger partial charge in [0.1, 0.15) is 5.82 Å². The number of carbonyl (C=O) groups excluding carboxylic acids is 1. The summed E-state index contributed by atoms with van der Waals surface area (Å²) in [4.78, 5) is 19.3. The van der Waals surface area contributed by atoms with Crippen LogP contribution in [0.5, 0.6) is 0 Å². The summed E-state index contributed by atoms with van der Waals surface area (Å²) < 4.78 is 2.00. The van der Waals surface area contributed by atoms with E-state index in [1.54, 1.807) is 6.20 Å². The molecule has 0 spiro atoms. The first-order valence-corrected chi connectivity index (χ1v) is 12.5. The number of nitrogens with zero attached hydrogens (tertiary/aromatic N) is 5. The molecule has 1 aromatic carbocycles. The number of benzene rings is 1. The van der Waals surface area contributed by atoms with Gasteiger partial charge in [-0.3, -0.25) is 19.2 Å². The number of fused-ring (bicyclic) bond motifs is 1. The van der Waals surface area contributed by atoms with Crippen LogP contribution in [0.2, 0.25) is 0 Å². The third kappa shape index (κ3) is 6.26. The van der Waals surface area contributed by atoms with Crippen molar-refractivity contribution in [1.29, 1.82) is 0 Å². The molecule has 0 fully saturated rings. The van der Waals surface area contributed by atoms with Gasteiger partial charge >= 0.3 is 0 Å². The van der Waals surface area contributed by atoms with Crippen LogP contribution in [0.15, 0.2) is 67.1 Å². The number of nitrogens with one attached hydrogen (secondary N) is 2. The van der Waals surface area contributed by atoms with Crippen LogP contribution in [0.25, 0.3) is 16.7 Å². The molecule has 0 radical (unpaired) electrons. The molecule has 4 rings (SSSR count). The van der Waals surface area contributed by atoms with Crippen molar-refractivity contribution >= 4 is 22.6 Å². The third-order valence-corrected chi connectivity index (χ3v) is 6.26. The van der Waals surface area contributed by atoms with Gasteiger partial charge in [-0.05, 0) is 63.1 Å². The monoisotopic (exact) mass is 485 g/mol. The lowest BCUT2D eigenvalue weighted by Crippen LogP contribution is -2.42. The Morgan fingerprint density at radius 1 is 1.00 bits per heavy atom. The molecule has 36 heavy (non-hydrogen) atoms. The van der Waals surface area contributed by atoms with E-state index in [4.69, 9.17) is 0 Å². The lowest BCUT2D eigenvalue weighted by Gasteiger charge is -2.30. The highest BCUT2D eigenvalue weighted by Crippen LogP contribution is 2.24. The molecule has 0 aliphatic carbocycles. The van der Waals surface area contributed by atoms with Gasteiger partial charge in [-0.2, -0.15) is 0 Å². The topological polar surface area (TPSA) is 88.0 Å².